The van der Waals surface area contributed by atoms with Crippen molar-refractivity contribution in [3.05, 3.63) is 6.20 Å². The summed E-state index contributed by atoms with van der Waals surface area (Å²) in [5, 5.41) is 10.3. The Morgan fingerprint density at radius 3 is 3.11 bits per heavy atom. The van der Waals surface area contributed by atoms with Crippen LogP contribution in [-0.4, -0.2) is 45.8 Å². The largest absolute Gasteiger partial charge is 0.370 e. The van der Waals surface area contributed by atoms with Gasteiger partial charge in [0.15, 0.2) is 5.65 Å². The van der Waals surface area contributed by atoms with Crippen molar-refractivity contribution in [3.63, 3.8) is 0 Å². The summed E-state index contributed by atoms with van der Waals surface area (Å²) >= 11 is 0. The van der Waals surface area contributed by atoms with Crippen LogP contribution in [0.5, 0.6) is 0 Å². The standard InChI is InChI=1S/C9H13N7O2/c10-6(17)4-18-2-1-12-7-5-3-13-16-8(5)15-9(11)14-7/h3H,1-2,4H2,(H2,10,17)(H4,11,12,13,14,15,16). The third kappa shape index (κ3) is 2.83. The maximum Gasteiger partial charge on any atom is 0.243 e. The molecule has 9 nitrogen and oxygen atoms in total. The average molecular weight is 251 g/mol. The number of H-pyrrole nitrogens is 1. The van der Waals surface area contributed by atoms with E-state index in [1.54, 1.807) is 6.20 Å². The highest BCUT2D eigenvalue weighted by Gasteiger charge is 2.07. The predicted octanol–water partition coefficient (Wildman–Crippen LogP) is -1.15. The molecule has 0 bridgehead atoms. The van der Waals surface area contributed by atoms with Crippen LogP contribution in [0.25, 0.3) is 11.0 Å². The molecule has 0 aliphatic rings. The van der Waals surface area contributed by atoms with Crippen molar-refractivity contribution in [2.24, 2.45) is 5.73 Å². The third-order valence-corrected chi connectivity index (χ3v) is 2.11. The van der Waals surface area contributed by atoms with Crippen molar-refractivity contribution in [2.75, 3.05) is 30.8 Å². The fourth-order valence-corrected chi connectivity index (χ4v) is 1.40. The Morgan fingerprint density at radius 1 is 1.50 bits per heavy atom. The fourth-order valence-electron chi connectivity index (χ4n) is 1.40. The number of hydrogen-bond donors (Lipinski definition) is 4. The van der Waals surface area contributed by atoms with E-state index in [2.05, 4.69) is 25.5 Å². The molecule has 6 N–H and O–H groups in total. The zero-order valence-corrected chi connectivity index (χ0v) is 9.51. The van der Waals surface area contributed by atoms with Crippen molar-refractivity contribution in [1.29, 1.82) is 0 Å². The van der Waals surface area contributed by atoms with Gasteiger partial charge in [0.05, 0.1) is 18.2 Å². The lowest BCUT2D eigenvalue weighted by Crippen LogP contribution is -2.20. The highest BCUT2D eigenvalue weighted by molar-refractivity contribution is 5.86. The van der Waals surface area contributed by atoms with E-state index in [0.29, 0.717) is 24.6 Å². The summed E-state index contributed by atoms with van der Waals surface area (Å²) in [6.07, 6.45) is 1.60. The molecule has 0 fully saturated rings. The summed E-state index contributed by atoms with van der Waals surface area (Å²) in [4.78, 5) is 18.5. The molecule has 0 spiro atoms. The van der Waals surface area contributed by atoms with Gasteiger partial charge in [-0.3, -0.25) is 9.89 Å². The van der Waals surface area contributed by atoms with E-state index in [9.17, 15) is 4.79 Å². The summed E-state index contributed by atoms with van der Waals surface area (Å²) < 4.78 is 5.01. The molecule has 2 aromatic heterocycles. The van der Waals surface area contributed by atoms with Gasteiger partial charge in [0.2, 0.25) is 11.9 Å². The highest BCUT2D eigenvalue weighted by Crippen LogP contribution is 2.18. The molecule has 0 radical (unpaired) electrons. The molecule has 1 amide bonds. The number of carbonyl (C=O) groups excluding carboxylic acids is 1. The van der Waals surface area contributed by atoms with Crippen LogP contribution in [-0.2, 0) is 9.53 Å². The van der Waals surface area contributed by atoms with Crippen LogP contribution >= 0.6 is 0 Å². The average Bonchev–Trinajstić information content (AvgIpc) is 2.75. The number of ether oxygens (including phenoxy) is 1. The van der Waals surface area contributed by atoms with Gasteiger partial charge in [-0.15, -0.1) is 0 Å². The van der Waals surface area contributed by atoms with E-state index in [1.807, 2.05) is 0 Å². The van der Waals surface area contributed by atoms with Crippen LogP contribution in [0, 0.1) is 0 Å². The van der Waals surface area contributed by atoms with E-state index in [4.69, 9.17) is 16.2 Å². The Balaban J connectivity index is 1.94. The molecule has 0 saturated heterocycles. The molecule has 0 unspecified atom stereocenters. The van der Waals surface area contributed by atoms with E-state index >= 15 is 0 Å². The predicted molar refractivity (Wildman–Crippen MR) is 64.6 cm³/mol. The summed E-state index contributed by atoms with van der Waals surface area (Å²) in [7, 11) is 0. The van der Waals surface area contributed by atoms with Crippen molar-refractivity contribution in [2.45, 2.75) is 0 Å². The van der Waals surface area contributed by atoms with Crippen LogP contribution in [0.2, 0.25) is 0 Å². The van der Waals surface area contributed by atoms with Crippen molar-refractivity contribution in [3.8, 4) is 0 Å². The molecule has 18 heavy (non-hydrogen) atoms. The molecule has 0 saturated carbocycles. The number of aromatic amines is 1. The third-order valence-electron chi connectivity index (χ3n) is 2.11. The molecular weight excluding hydrogens is 238 g/mol. The van der Waals surface area contributed by atoms with E-state index in [-0.39, 0.29) is 12.6 Å². The number of anilines is 2. The molecule has 2 rings (SSSR count). The van der Waals surface area contributed by atoms with Gasteiger partial charge in [-0.25, -0.2) is 0 Å². The first-order valence-electron chi connectivity index (χ1n) is 5.23. The maximum atomic E-state index is 10.4. The lowest BCUT2D eigenvalue weighted by atomic mass is 10.4. The maximum absolute atomic E-state index is 10.4. The zero-order valence-electron chi connectivity index (χ0n) is 9.51. The minimum absolute atomic E-state index is 0.102. The number of amides is 1. The van der Waals surface area contributed by atoms with E-state index in [1.165, 1.54) is 0 Å². The molecule has 96 valence electrons. The van der Waals surface area contributed by atoms with Crippen LogP contribution in [0.3, 0.4) is 0 Å². The minimum atomic E-state index is -0.501. The molecule has 0 aromatic carbocycles. The first-order valence-corrected chi connectivity index (χ1v) is 5.23. The molecule has 0 aliphatic heterocycles. The number of fused-ring (bicyclic) bond motifs is 1. The summed E-state index contributed by atoms with van der Waals surface area (Å²) in [6, 6.07) is 0. The smallest absolute Gasteiger partial charge is 0.243 e. The van der Waals surface area contributed by atoms with Crippen LogP contribution < -0.4 is 16.8 Å². The first kappa shape index (κ1) is 12.0. The number of aromatic nitrogens is 4. The highest BCUT2D eigenvalue weighted by atomic mass is 16.5. The summed E-state index contributed by atoms with van der Waals surface area (Å²) in [5.74, 6) is 0.208. The fraction of sp³-hybridized carbons (Fsp3) is 0.333. The number of nitrogens with zero attached hydrogens (tertiary/aromatic N) is 3. The lowest BCUT2D eigenvalue weighted by Gasteiger charge is -2.06. The van der Waals surface area contributed by atoms with Crippen molar-refractivity contribution >= 4 is 28.7 Å². The van der Waals surface area contributed by atoms with Gasteiger partial charge in [0.25, 0.3) is 0 Å². The second-order valence-corrected chi connectivity index (χ2v) is 3.51. The van der Waals surface area contributed by atoms with Gasteiger partial charge < -0.3 is 21.5 Å². The number of rotatable bonds is 6. The minimum Gasteiger partial charge on any atom is -0.370 e. The number of nitrogen functional groups attached to an aromatic ring is 1. The Kier molecular flexibility index (Phi) is 3.53. The molecular formula is C9H13N7O2. The second-order valence-electron chi connectivity index (χ2n) is 3.51. The van der Waals surface area contributed by atoms with Gasteiger partial charge in [0.1, 0.15) is 12.4 Å². The number of nitrogens with one attached hydrogen (secondary N) is 2. The Bertz CT molecular complexity index is 553. The lowest BCUT2D eigenvalue weighted by molar-refractivity contribution is -0.122. The molecule has 9 heteroatoms. The van der Waals surface area contributed by atoms with Gasteiger partial charge in [-0.05, 0) is 0 Å². The first-order chi connectivity index (χ1) is 8.66. The van der Waals surface area contributed by atoms with Gasteiger partial charge >= 0.3 is 0 Å². The molecule has 0 aliphatic carbocycles. The van der Waals surface area contributed by atoms with Crippen molar-refractivity contribution < 1.29 is 9.53 Å². The van der Waals surface area contributed by atoms with Gasteiger partial charge in [0, 0.05) is 6.54 Å². The summed E-state index contributed by atoms with van der Waals surface area (Å²) in [6.45, 7) is 0.685. The van der Waals surface area contributed by atoms with E-state index < -0.39 is 5.91 Å². The van der Waals surface area contributed by atoms with E-state index in [0.717, 1.165) is 5.39 Å². The van der Waals surface area contributed by atoms with Gasteiger partial charge in [-0.1, -0.05) is 0 Å². The Morgan fingerprint density at radius 2 is 2.33 bits per heavy atom. The number of primary amides is 1. The van der Waals surface area contributed by atoms with Gasteiger partial charge in [-0.2, -0.15) is 15.1 Å². The molecule has 0 atom stereocenters. The topological polar surface area (TPSA) is 145 Å². The zero-order chi connectivity index (χ0) is 13.0. The number of hydrogen-bond acceptors (Lipinski definition) is 7. The second kappa shape index (κ2) is 5.27. The summed E-state index contributed by atoms with van der Waals surface area (Å²) in [5.41, 5.74) is 11.0. The Labute approximate surface area is 102 Å². The quantitative estimate of drug-likeness (QED) is 0.474. The molecule has 2 aromatic rings. The normalized spacial score (nSPS) is 10.7. The van der Waals surface area contributed by atoms with Crippen molar-refractivity contribution in [1.82, 2.24) is 20.2 Å². The SMILES string of the molecule is NC(=O)COCCNc1nc(N)nc2[nH]ncc12. The molecule has 2 heterocycles. The number of carbonyl (C=O) groups is 1. The van der Waals surface area contributed by atoms with Crippen LogP contribution in [0.1, 0.15) is 0 Å². The van der Waals surface area contributed by atoms with Crippen LogP contribution in [0.4, 0.5) is 11.8 Å². The monoisotopic (exact) mass is 251 g/mol. The van der Waals surface area contributed by atoms with Crippen LogP contribution in [0.15, 0.2) is 6.20 Å². The Hall–Kier alpha value is -2.42. The number of nitrogens with two attached hydrogens (primary N) is 2.